The van der Waals surface area contributed by atoms with Gasteiger partial charge in [-0.15, -0.1) is 0 Å². The maximum Gasteiger partial charge on any atom is 0.209 e. The third-order valence-electron chi connectivity index (χ3n) is 3.68. The van der Waals surface area contributed by atoms with Gasteiger partial charge in [0.25, 0.3) is 0 Å². The third-order valence-corrected chi connectivity index (χ3v) is 3.93. The Hall–Kier alpha value is -1.02. The smallest absolute Gasteiger partial charge is 0.209 e. The molecule has 0 saturated carbocycles. The van der Waals surface area contributed by atoms with Crippen molar-refractivity contribution in [3.8, 4) is 0 Å². The van der Waals surface area contributed by atoms with E-state index in [2.05, 4.69) is 26.0 Å². The highest BCUT2D eigenvalue weighted by Gasteiger charge is 2.36. The number of nitrogens with zero attached hydrogens (tertiary/aromatic N) is 1. The molecule has 3 heteroatoms. The molecule has 0 radical (unpaired) electrons. The molecule has 2 nitrogen and oxygen atoms in total. The number of hydrogen-bond donors (Lipinski definition) is 0. The van der Waals surface area contributed by atoms with Gasteiger partial charge in [0.1, 0.15) is 0 Å². The largest absolute Gasteiger partial charge is 0.345 e. The van der Waals surface area contributed by atoms with E-state index < -0.39 is 0 Å². The summed E-state index contributed by atoms with van der Waals surface area (Å²) in [6.45, 7) is 6.12. The molecule has 1 unspecified atom stereocenters. The standard InChI is InChI=1S/C14H18ClNO/c1-14(2)9-16(10-17)8-7-13(14)11-3-5-12(15)6-4-11/h3-6,10,13H,7-9H2,1-2H3. The Morgan fingerprint density at radius 3 is 2.53 bits per heavy atom. The predicted molar refractivity (Wildman–Crippen MR) is 70.2 cm³/mol. The first-order chi connectivity index (χ1) is 8.03. The van der Waals surface area contributed by atoms with E-state index in [4.69, 9.17) is 11.6 Å². The summed E-state index contributed by atoms with van der Waals surface area (Å²) in [5.74, 6) is 0.496. The van der Waals surface area contributed by atoms with Crippen LogP contribution in [0.5, 0.6) is 0 Å². The van der Waals surface area contributed by atoms with Crippen LogP contribution in [0.15, 0.2) is 24.3 Å². The first-order valence-electron chi connectivity index (χ1n) is 5.98. The minimum absolute atomic E-state index is 0.118. The van der Waals surface area contributed by atoms with Crippen molar-refractivity contribution in [3.05, 3.63) is 34.9 Å². The van der Waals surface area contributed by atoms with Gasteiger partial charge in [0, 0.05) is 18.1 Å². The molecule has 1 amide bonds. The Balaban J connectivity index is 2.21. The van der Waals surface area contributed by atoms with Crippen LogP contribution in [0.1, 0.15) is 31.7 Å². The van der Waals surface area contributed by atoms with Crippen molar-refractivity contribution in [3.63, 3.8) is 0 Å². The second-order valence-corrected chi connectivity index (χ2v) is 5.89. The predicted octanol–water partition coefficient (Wildman–Crippen LogP) is 3.31. The molecule has 1 heterocycles. The maximum absolute atomic E-state index is 10.8. The number of carbonyl (C=O) groups excluding carboxylic acids is 1. The summed E-state index contributed by atoms with van der Waals surface area (Å²) in [4.78, 5) is 12.7. The lowest BCUT2D eigenvalue weighted by Crippen LogP contribution is -2.43. The zero-order valence-electron chi connectivity index (χ0n) is 10.3. The average molecular weight is 252 g/mol. The Morgan fingerprint density at radius 2 is 2.00 bits per heavy atom. The fraction of sp³-hybridized carbons (Fsp3) is 0.500. The lowest BCUT2D eigenvalue weighted by molar-refractivity contribution is -0.121. The van der Waals surface area contributed by atoms with E-state index in [0.717, 1.165) is 30.9 Å². The van der Waals surface area contributed by atoms with E-state index in [1.165, 1.54) is 5.56 Å². The Labute approximate surface area is 108 Å². The summed E-state index contributed by atoms with van der Waals surface area (Å²) in [7, 11) is 0. The van der Waals surface area contributed by atoms with Crippen LogP contribution in [0.4, 0.5) is 0 Å². The number of hydrogen-bond acceptors (Lipinski definition) is 1. The van der Waals surface area contributed by atoms with Crippen molar-refractivity contribution in [1.82, 2.24) is 4.90 Å². The van der Waals surface area contributed by atoms with Crippen LogP contribution in [0.25, 0.3) is 0 Å². The fourth-order valence-corrected chi connectivity index (χ4v) is 2.93. The summed E-state index contributed by atoms with van der Waals surface area (Å²) >= 11 is 5.91. The van der Waals surface area contributed by atoms with Crippen molar-refractivity contribution in [2.24, 2.45) is 5.41 Å². The molecule has 0 spiro atoms. The fourth-order valence-electron chi connectivity index (χ4n) is 2.80. The summed E-state index contributed by atoms with van der Waals surface area (Å²) in [6, 6.07) is 8.09. The maximum atomic E-state index is 10.8. The van der Waals surface area contributed by atoms with Gasteiger partial charge in [0.15, 0.2) is 0 Å². The molecule has 1 aliphatic rings. The first-order valence-corrected chi connectivity index (χ1v) is 6.35. The van der Waals surface area contributed by atoms with Crippen LogP contribution in [0, 0.1) is 5.41 Å². The zero-order valence-corrected chi connectivity index (χ0v) is 11.1. The van der Waals surface area contributed by atoms with Crippen molar-refractivity contribution in [2.45, 2.75) is 26.2 Å². The van der Waals surface area contributed by atoms with Crippen LogP contribution in [-0.2, 0) is 4.79 Å². The second-order valence-electron chi connectivity index (χ2n) is 5.46. The molecule has 0 aliphatic carbocycles. The second kappa shape index (κ2) is 4.69. The lowest BCUT2D eigenvalue weighted by atomic mass is 9.70. The molecule has 2 rings (SSSR count). The molecule has 92 valence electrons. The monoisotopic (exact) mass is 251 g/mol. The van der Waals surface area contributed by atoms with Crippen LogP contribution in [0.2, 0.25) is 5.02 Å². The Kier molecular flexibility index (Phi) is 3.43. The topological polar surface area (TPSA) is 20.3 Å². The molecule has 0 bridgehead atoms. The van der Waals surface area contributed by atoms with E-state index in [-0.39, 0.29) is 5.41 Å². The van der Waals surface area contributed by atoms with E-state index in [0.29, 0.717) is 5.92 Å². The lowest BCUT2D eigenvalue weighted by Gasteiger charge is -2.43. The van der Waals surface area contributed by atoms with Crippen molar-refractivity contribution in [1.29, 1.82) is 0 Å². The Bertz CT molecular complexity index is 399. The van der Waals surface area contributed by atoms with Gasteiger partial charge >= 0.3 is 0 Å². The van der Waals surface area contributed by atoms with E-state index >= 15 is 0 Å². The molecule has 1 atom stereocenters. The first kappa shape index (κ1) is 12.4. The summed E-state index contributed by atoms with van der Waals surface area (Å²) < 4.78 is 0. The molecular formula is C14H18ClNO. The number of piperidine rings is 1. The molecule has 17 heavy (non-hydrogen) atoms. The van der Waals surface area contributed by atoms with Gasteiger partial charge < -0.3 is 4.90 Å². The van der Waals surface area contributed by atoms with Gasteiger partial charge in [0.05, 0.1) is 0 Å². The van der Waals surface area contributed by atoms with E-state index in [1.807, 2.05) is 17.0 Å². The third kappa shape index (κ3) is 2.63. The minimum Gasteiger partial charge on any atom is -0.345 e. The highest BCUT2D eigenvalue weighted by Crippen LogP contribution is 2.41. The van der Waals surface area contributed by atoms with Gasteiger partial charge in [-0.25, -0.2) is 0 Å². The number of amides is 1. The molecule has 0 aromatic heterocycles. The van der Waals surface area contributed by atoms with E-state index in [1.54, 1.807) is 0 Å². The highest BCUT2D eigenvalue weighted by atomic mass is 35.5. The van der Waals surface area contributed by atoms with Crippen LogP contribution >= 0.6 is 11.6 Å². The van der Waals surface area contributed by atoms with E-state index in [9.17, 15) is 4.79 Å². The highest BCUT2D eigenvalue weighted by molar-refractivity contribution is 6.30. The normalized spacial score (nSPS) is 23.5. The number of rotatable bonds is 2. The number of likely N-dealkylation sites (tertiary alicyclic amines) is 1. The molecule has 0 N–H and O–H groups in total. The summed E-state index contributed by atoms with van der Waals surface area (Å²) in [6.07, 6.45) is 1.98. The Morgan fingerprint density at radius 1 is 1.35 bits per heavy atom. The SMILES string of the molecule is CC1(C)CN(C=O)CCC1c1ccc(Cl)cc1. The number of halogens is 1. The molecule has 1 aromatic carbocycles. The quantitative estimate of drug-likeness (QED) is 0.739. The number of carbonyl (C=O) groups is 1. The van der Waals surface area contributed by atoms with Crippen LogP contribution < -0.4 is 0 Å². The molecule has 1 aliphatic heterocycles. The summed E-state index contributed by atoms with van der Waals surface area (Å²) in [5, 5.41) is 0.775. The summed E-state index contributed by atoms with van der Waals surface area (Å²) in [5.41, 5.74) is 1.44. The molecule has 1 aromatic rings. The van der Waals surface area contributed by atoms with Gasteiger partial charge in [-0.2, -0.15) is 0 Å². The van der Waals surface area contributed by atoms with Gasteiger partial charge in [-0.1, -0.05) is 37.6 Å². The average Bonchev–Trinajstić information content (AvgIpc) is 2.29. The van der Waals surface area contributed by atoms with Crippen LogP contribution in [0.3, 0.4) is 0 Å². The van der Waals surface area contributed by atoms with Gasteiger partial charge in [0.2, 0.25) is 6.41 Å². The molecular weight excluding hydrogens is 234 g/mol. The van der Waals surface area contributed by atoms with Crippen molar-refractivity contribution < 1.29 is 4.79 Å². The van der Waals surface area contributed by atoms with Gasteiger partial charge in [-0.05, 0) is 35.4 Å². The molecule has 1 saturated heterocycles. The minimum atomic E-state index is 0.118. The zero-order chi connectivity index (χ0) is 12.5. The van der Waals surface area contributed by atoms with Gasteiger partial charge in [-0.3, -0.25) is 4.79 Å². The van der Waals surface area contributed by atoms with Crippen molar-refractivity contribution in [2.75, 3.05) is 13.1 Å². The van der Waals surface area contributed by atoms with Crippen molar-refractivity contribution >= 4 is 18.0 Å². The van der Waals surface area contributed by atoms with Crippen LogP contribution in [-0.4, -0.2) is 24.4 Å². The number of benzene rings is 1. The molecule has 1 fully saturated rings.